The van der Waals surface area contributed by atoms with Crippen LogP contribution >= 0.6 is 27.5 Å². The Labute approximate surface area is 195 Å². The normalized spacial score (nSPS) is 11.3. The van der Waals surface area contributed by atoms with Crippen molar-refractivity contribution in [3.05, 3.63) is 105 Å². The number of hydrogen-bond acceptors (Lipinski definition) is 4. The fraction of sp³-hybridized carbons (Fsp3) is 0.160. The highest BCUT2D eigenvalue weighted by Crippen LogP contribution is 2.26. The van der Waals surface area contributed by atoms with E-state index in [2.05, 4.69) is 32.8 Å². The van der Waals surface area contributed by atoms with Crippen molar-refractivity contribution in [1.82, 2.24) is 0 Å². The number of carbonyl (C=O) groups is 1. The molecule has 0 amide bonds. The van der Waals surface area contributed by atoms with Crippen LogP contribution in [0.15, 0.2) is 83.3 Å². The Balaban J connectivity index is 1.71. The first-order chi connectivity index (χ1) is 15.1. The first-order valence-corrected chi connectivity index (χ1v) is 10.8. The van der Waals surface area contributed by atoms with Crippen LogP contribution < -0.4 is 4.74 Å². The molecule has 0 N–H and O–H groups in total. The van der Waals surface area contributed by atoms with Crippen molar-refractivity contribution < 1.29 is 19.0 Å². The molecule has 0 saturated carbocycles. The van der Waals surface area contributed by atoms with E-state index in [-0.39, 0.29) is 6.61 Å². The molecule has 0 fully saturated rings. The lowest BCUT2D eigenvalue weighted by Gasteiger charge is -2.12. The summed E-state index contributed by atoms with van der Waals surface area (Å²) in [4.78, 5) is 11.3. The molecule has 4 nitrogen and oxygen atoms in total. The second-order valence-corrected chi connectivity index (χ2v) is 7.97. The molecule has 31 heavy (non-hydrogen) atoms. The van der Waals surface area contributed by atoms with E-state index in [0.717, 1.165) is 26.7 Å². The van der Waals surface area contributed by atoms with Gasteiger partial charge in [-0.1, -0.05) is 76.1 Å². The number of halogens is 2. The molecule has 0 heterocycles. The number of para-hydroxylation sites is 1. The molecule has 0 unspecified atom stereocenters. The molecular formula is C25H22BrClO4. The minimum atomic E-state index is -0.430. The number of benzene rings is 3. The Morgan fingerprint density at radius 3 is 2.29 bits per heavy atom. The van der Waals surface area contributed by atoms with Crippen LogP contribution in [-0.4, -0.2) is 26.3 Å². The molecular weight excluding hydrogens is 480 g/mol. The molecule has 0 saturated heterocycles. The van der Waals surface area contributed by atoms with Crippen LogP contribution in [0.3, 0.4) is 0 Å². The third-order valence-electron chi connectivity index (χ3n) is 4.52. The molecule has 0 bridgehead atoms. The van der Waals surface area contributed by atoms with Gasteiger partial charge in [0.25, 0.3) is 0 Å². The summed E-state index contributed by atoms with van der Waals surface area (Å²) in [6.07, 6.45) is 2.05. The topological polar surface area (TPSA) is 44.8 Å². The summed E-state index contributed by atoms with van der Waals surface area (Å²) in [6.45, 7) is 0.610. The lowest BCUT2D eigenvalue weighted by Crippen LogP contribution is -2.13. The predicted molar refractivity (Wildman–Crippen MR) is 126 cm³/mol. The van der Waals surface area contributed by atoms with Crippen LogP contribution in [-0.2, 0) is 20.9 Å². The van der Waals surface area contributed by atoms with E-state index in [0.29, 0.717) is 24.0 Å². The van der Waals surface area contributed by atoms with Crippen molar-refractivity contribution in [2.24, 2.45) is 0 Å². The van der Waals surface area contributed by atoms with Gasteiger partial charge in [0, 0.05) is 15.1 Å². The highest BCUT2D eigenvalue weighted by molar-refractivity contribution is 9.10. The molecule has 0 aromatic heterocycles. The summed E-state index contributed by atoms with van der Waals surface area (Å²) < 4.78 is 17.1. The molecule has 0 aliphatic heterocycles. The predicted octanol–water partition coefficient (Wildman–Crippen LogP) is 6.30. The van der Waals surface area contributed by atoms with Gasteiger partial charge in [-0.25, -0.2) is 4.79 Å². The number of ether oxygens (including phenoxy) is 3. The number of hydrogen-bond donors (Lipinski definition) is 0. The van der Waals surface area contributed by atoms with Gasteiger partial charge in [-0.2, -0.15) is 0 Å². The van der Waals surface area contributed by atoms with Crippen LogP contribution in [0.1, 0.15) is 16.7 Å². The lowest BCUT2D eigenvalue weighted by atomic mass is 9.98. The Bertz CT molecular complexity index is 983. The number of rotatable bonds is 9. The fourth-order valence-electron chi connectivity index (χ4n) is 2.93. The number of carbonyl (C=O) groups excluding carboxylic acids is 1. The van der Waals surface area contributed by atoms with Crippen molar-refractivity contribution >= 4 is 39.1 Å². The van der Waals surface area contributed by atoms with Gasteiger partial charge in [0.1, 0.15) is 5.75 Å². The molecule has 0 atom stereocenters. The zero-order valence-electron chi connectivity index (χ0n) is 17.0. The minimum absolute atomic E-state index is 0.141. The van der Waals surface area contributed by atoms with Gasteiger partial charge in [0.15, 0.2) is 6.61 Å². The lowest BCUT2D eigenvalue weighted by molar-refractivity contribution is -0.142. The maximum atomic E-state index is 11.3. The number of methoxy groups -OCH3 is 1. The molecule has 3 rings (SSSR count). The average molecular weight is 502 g/mol. The summed E-state index contributed by atoms with van der Waals surface area (Å²) in [5.41, 5.74) is 4.05. The van der Waals surface area contributed by atoms with Crippen molar-refractivity contribution in [1.29, 1.82) is 0 Å². The minimum Gasteiger partial charge on any atom is -0.482 e. The molecule has 0 radical (unpaired) electrons. The van der Waals surface area contributed by atoms with Gasteiger partial charge in [0.05, 0.1) is 20.3 Å². The van der Waals surface area contributed by atoms with Crippen LogP contribution in [0, 0.1) is 0 Å². The zero-order chi connectivity index (χ0) is 22.1. The molecule has 0 aliphatic rings. The third-order valence-corrected chi connectivity index (χ3v) is 5.30. The van der Waals surface area contributed by atoms with Gasteiger partial charge in [0.2, 0.25) is 0 Å². The standard InChI is InChI=1S/C25H22BrClO4/c1-29-25(28)17-31-24-5-3-2-4-20(24)16-30-15-14-23(18-6-10-21(26)11-7-18)19-8-12-22(27)13-9-19/h2-14H,15-17H2,1H3. The van der Waals surface area contributed by atoms with E-state index < -0.39 is 5.97 Å². The van der Waals surface area contributed by atoms with Gasteiger partial charge in [-0.15, -0.1) is 0 Å². The highest BCUT2D eigenvalue weighted by Gasteiger charge is 2.08. The van der Waals surface area contributed by atoms with Crippen molar-refractivity contribution in [2.75, 3.05) is 20.3 Å². The summed E-state index contributed by atoms with van der Waals surface area (Å²) in [6, 6.07) is 23.3. The molecule has 6 heteroatoms. The Morgan fingerprint density at radius 2 is 1.61 bits per heavy atom. The highest BCUT2D eigenvalue weighted by atomic mass is 79.9. The maximum Gasteiger partial charge on any atom is 0.343 e. The van der Waals surface area contributed by atoms with Gasteiger partial charge in [-0.05, 0) is 47.0 Å². The molecule has 3 aromatic rings. The summed E-state index contributed by atoms with van der Waals surface area (Å²) >= 11 is 9.54. The summed E-state index contributed by atoms with van der Waals surface area (Å²) in [5.74, 6) is 0.170. The zero-order valence-corrected chi connectivity index (χ0v) is 19.4. The first-order valence-electron chi connectivity index (χ1n) is 9.64. The average Bonchev–Trinajstić information content (AvgIpc) is 2.80. The van der Waals surface area contributed by atoms with Crippen molar-refractivity contribution in [3.63, 3.8) is 0 Å². The SMILES string of the molecule is COC(=O)COc1ccccc1COCC=C(c1ccc(Cl)cc1)c1ccc(Br)cc1. The van der Waals surface area contributed by atoms with Crippen molar-refractivity contribution in [3.8, 4) is 5.75 Å². The van der Waals surface area contributed by atoms with Gasteiger partial charge >= 0.3 is 5.97 Å². The Kier molecular flexibility index (Phi) is 8.71. The maximum absolute atomic E-state index is 11.3. The largest absolute Gasteiger partial charge is 0.482 e. The van der Waals surface area contributed by atoms with Crippen LogP contribution in [0.25, 0.3) is 5.57 Å². The second-order valence-electron chi connectivity index (χ2n) is 6.62. The Hall–Kier alpha value is -2.60. The second kappa shape index (κ2) is 11.7. The van der Waals surface area contributed by atoms with E-state index in [1.54, 1.807) is 6.07 Å². The Morgan fingerprint density at radius 1 is 0.968 bits per heavy atom. The van der Waals surface area contributed by atoms with E-state index >= 15 is 0 Å². The molecule has 0 aliphatic carbocycles. The van der Waals surface area contributed by atoms with Gasteiger partial charge < -0.3 is 14.2 Å². The van der Waals surface area contributed by atoms with E-state index in [1.165, 1.54) is 7.11 Å². The molecule has 3 aromatic carbocycles. The summed E-state index contributed by atoms with van der Waals surface area (Å²) in [7, 11) is 1.33. The first kappa shape index (κ1) is 23.1. The summed E-state index contributed by atoms with van der Waals surface area (Å²) in [5, 5.41) is 0.693. The fourth-order valence-corrected chi connectivity index (χ4v) is 3.32. The van der Waals surface area contributed by atoms with Crippen LogP contribution in [0.4, 0.5) is 0 Å². The monoisotopic (exact) mass is 500 g/mol. The van der Waals surface area contributed by atoms with Crippen molar-refractivity contribution in [2.45, 2.75) is 6.61 Å². The molecule has 0 spiro atoms. The van der Waals surface area contributed by atoms with Crippen LogP contribution in [0.5, 0.6) is 5.75 Å². The smallest absolute Gasteiger partial charge is 0.343 e. The van der Waals surface area contributed by atoms with Crippen LogP contribution in [0.2, 0.25) is 5.02 Å². The van der Waals surface area contributed by atoms with Gasteiger partial charge in [-0.3, -0.25) is 0 Å². The number of esters is 1. The van der Waals surface area contributed by atoms with E-state index in [4.69, 9.17) is 21.1 Å². The van der Waals surface area contributed by atoms with E-state index in [9.17, 15) is 4.79 Å². The third kappa shape index (κ3) is 6.96. The van der Waals surface area contributed by atoms with E-state index in [1.807, 2.05) is 60.7 Å². The molecule has 160 valence electrons. The quantitative estimate of drug-likeness (QED) is 0.255.